The van der Waals surface area contributed by atoms with Crippen molar-refractivity contribution in [2.75, 3.05) is 0 Å². The summed E-state index contributed by atoms with van der Waals surface area (Å²) >= 11 is 0. The van der Waals surface area contributed by atoms with Gasteiger partial charge < -0.3 is 0 Å². The second kappa shape index (κ2) is 4.84. The molecule has 104 valence electrons. The first-order chi connectivity index (χ1) is 9.38. The normalized spacial score (nSPS) is 25.9. The Morgan fingerprint density at radius 2 is 1.95 bits per heavy atom. The number of nitrogens with zero attached hydrogens (tertiary/aromatic N) is 1. The zero-order valence-electron chi connectivity index (χ0n) is 10.4. The molecule has 0 saturated carbocycles. The van der Waals surface area contributed by atoms with E-state index in [1.807, 2.05) is 5.32 Å². The van der Waals surface area contributed by atoms with Crippen LogP contribution >= 0.6 is 0 Å². The van der Waals surface area contributed by atoms with Crippen LogP contribution in [0.3, 0.4) is 0 Å². The number of amides is 4. The Balaban J connectivity index is 2.39. The molecule has 2 aliphatic rings. The molecule has 4 amide bonds. The SMILES string of the molecule is C=C/C(F)=C1\C(=C)C(=O)N(C2CCC(=O)NC2=O)C1=O. The highest BCUT2D eigenvalue weighted by atomic mass is 19.1. The van der Waals surface area contributed by atoms with E-state index in [1.165, 1.54) is 0 Å². The van der Waals surface area contributed by atoms with Crippen molar-refractivity contribution in [3.8, 4) is 0 Å². The number of rotatable bonds is 2. The molecule has 0 aromatic heterocycles. The molecule has 20 heavy (non-hydrogen) atoms. The third kappa shape index (κ3) is 1.97. The van der Waals surface area contributed by atoms with Crippen LogP contribution in [0.1, 0.15) is 12.8 Å². The van der Waals surface area contributed by atoms with Crippen molar-refractivity contribution in [2.24, 2.45) is 0 Å². The van der Waals surface area contributed by atoms with Crippen molar-refractivity contribution in [1.82, 2.24) is 10.2 Å². The van der Waals surface area contributed by atoms with Crippen LogP contribution in [0.5, 0.6) is 0 Å². The molecule has 2 fully saturated rings. The number of hydrogen-bond acceptors (Lipinski definition) is 4. The summed E-state index contributed by atoms with van der Waals surface area (Å²) in [7, 11) is 0. The first-order valence-electron chi connectivity index (χ1n) is 5.81. The first kappa shape index (κ1) is 13.9. The lowest BCUT2D eigenvalue weighted by molar-refractivity contribution is -0.149. The number of imide groups is 2. The van der Waals surface area contributed by atoms with Crippen LogP contribution in [0.4, 0.5) is 4.39 Å². The molecule has 6 nitrogen and oxygen atoms in total. The number of nitrogens with one attached hydrogen (secondary N) is 1. The van der Waals surface area contributed by atoms with Gasteiger partial charge in [0.1, 0.15) is 11.9 Å². The van der Waals surface area contributed by atoms with Crippen LogP contribution in [-0.4, -0.2) is 34.6 Å². The molecule has 0 aliphatic carbocycles. The number of hydrogen-bond donors (Lipinski definition) is 1. The molecule has 1 unspecified atom stereocenters. The second-order valence-corrected chi connectivity index (χ2v) is 4.35. The fraction of sp³-hybridized carbons (Fsp3) is 0.231. The Hall–Kier alpha value is -2.57. The zero-order chi connectivity index (χ0) is 15.0. The number of allylic oxidation sites excluding steroid dienone is 2. The molecule has 0 radical (unpaired) electrons. The summed E-state index contributed by atoms with van der Waals surface area (Å²) in [5, 5.41) is 2.04. The smallest absolute Gasteiger partial charge is 0.265 e. The fourth-order valence-electron chi connectivity index (χ4n) is 2.15. The molecule has 0 aromatic carbocycles. The van der Waals surface area contributed by atoms with E-state index in [0.717, 1.165) is 6.08 Å². The molecular formula is C13H11FN2O4. The van der Waals surface area contributed by atoms with Crippen LogP contribution in [-0.2, 0) is 19.2 Å². The highest BCUT2D eigenvalue weighted by Crippen LogP contribution is 2.30. The van der Waals surface area contributed by atoms with Crippen LogP contribution in [0.15, 0.2) is 36.2 Å². The van der Waals surface area contributed by atoms with E-state index < -0.39 is 41.1 Å². The van der Waals surface area contributed by atoms with Gasteiger partial charge in [-0.25, -0.2) is 4.39 Å². The third-order valence-corrected chi connectivity index (χ3v) is 3.15. The molecule has 0 aromatic rings. The predicted octanol–water partition coefficient (Wildman–Crippen LogP) is 0.126. The monoisotopic (exact) mass is 278 g/mol. The van der Waals surface area contributed by atoms with Gasteiger partial charge in [0, 0.05) is 12.0 Å². The number of carbonyl (C=O) groups excluding carboxylic acids is 4. The Labute approximate surface area is 113 Å². The fourth-order valence-corrected chi connectivity index (χ4v) is 2.15. The summed E-state index contributed by atoms with van der Waals surface area (Å²) < 4.78 is 13.6. The number of likely N-dealkylation sites (tertiary alicyclic amines) is 1. The van der Waals surface area contributed by atoms with Crippen LogP contribution in [0, 0.1) is 0 Å². The average molecular weight is 278 g/mol. The van der Waals surface area contributed by atoms with E-state index in [2.05, 4.69) is 13.2 Å². The average Bonchev–Trinajstić information content (AvgIpc) is 2.61. The van der Waals surface area contributed by atoms with Gasteiger partial charge in [-0.05, 0) is 12.5 Å². The number of piperidine rings is 1. The minimum Gasteiger partial charge on any atom is -0.295 e. The Bertz CT molecular complexity index is 605. The van der Waals surface area contributed by atoms with E-state index in [1.54, 1.807) is 0 Å². The van der Waals surface area contributed by atoms with Gasteiger partial charge in [-0.2, -0.15) is 0 Å². The lowest BCUT2D eigenvalue weighted by atomic mass is 10.0. The van der Waals surface area contributed by atoms with Gasteiger partial charge in [0.15, 0.2) is 0 Å². The van der Waals surface area contributed by atoms with E-state index in [0.29, 0.717) is 4.90 Å². The Morgan fingerprint density at radius 3 is 2.50 bits per heavy atom. The molecule has 1 atom stereocenters. The predicted molar refractivity (Wildman–Crippen MR) is 65.5 cm³/mol. The van der Waals surface area contributed by atoms with Gasteiger partial charge in [-0.3, -0.25) is 29.4 Å². The van der Waals surface area contributed by atoms with Crippen molar-refractivity contribution in [3.05, 3.63) is 36.2 Å². The summed E-state index contributed by atoms with van der Waals surface area (Å²) in [4.78, 5) is 47.5. The number of halogens is 1. The van der Waals surface area contributed by atoms with Crippen molar-refractivity contribution in [3.63, 3.8) is 0 Å². The van der Waals surface area contributed by atoms with Crippen molar-refractivity contribution in [1.29, 1.82) is 0 Å². The maximum atomic E-state index is 13.6. The molecule has 2 rings (SSSR count). The molecule has 2 saturated heterocycles. The molecule has 0 spiro atoms. The molecular weight excluding hydrogens is 267 g/mol. The van der Waals surface area contributed by atoms with Crippen molar-refractivity contribution in [2.45, 2.75) is 18.9 Å². The van der Waals surface area contributed by atoms with Gasteiger partial charge in [0.05, 0.1) is 5.57 Å². The van der Waals surface area contributed by atoms with E-state index in [-0.39, 0.29) is 18.4 Å². The standard InChI is InChI=1S/C13H11FN2O4/c1-3-7(14)10-6(2)12(19)16(13(10)20)8-4-5-9(17)15-11(8)18/h3,8H,1-2,4-5H2,(H,15,17,18)/b10-7-. The van der Waals surface area contributed by atoms with Gasteiger partial charge in [-0.15, -0.1) is 0 Å². The van der Waals surface area contributed by atoms with Crippen molar-refractivity contribution < 1.29 is 23.6 Å². The van der Waals surface area contributed by atoms with E-state index in [9.17, 15) is 23.6 Å². The summed E-state index contributed by atoms with van der Waals surface area (Å²) in [6.07, 6.45) is 0.807. The summed E-state index contributed by atoms with van der Waals surface area (Å²) in [5.41, 5.74) is -0.813. The summed E-state index contributed by atoms with van der Waals surface area (Å²) in [6, 6.07) is -1.13. The second-order valence-electron chi connectivity index (χ2n) is 4.35. The van der Waals surface area contributed by atoms with Gasteiger partial charge in [-0.1, -0.05) is 13.2 Å². The van der Waals surface area contributed by atoms with Gasteiger partial charge >= 0.3 is 0 Å². The Morgan fingerprint density at radius 1 is 1.30 bits per heavy atom. The topological polar surface area (TPSA) is 83.6 Å². The highest BCUT2D eigenvalue weighted by Gasteiger charge is 2.46. The van der Waals surface area contributed by atoms with E-state index in [4.69, 9.17) is 0 Å². The molecule has 1 N–H and O–H groups in total. The maximum Gasteiger partial charge on any atom is 0.265 e. The summed E-state index contributed by atoms with van der Waals surface area (Å²) in [6.45, 7) is 6.55. The molecule has 0 bridgehead atoms. The third-order valence-electron chi connectivity index (χ3n) is 3.15. The molecule has 7 heteroatoms. The molecule has 2 heterocycles. The maximum absolute atomic E-state index is 13.6. The quantitative estimate of drug-likeness (QED) is 0.574. The van der Waals surface area contributed by atoms with Crippen LogP contribution in [0.25, 0.3) is 0 Å². The number of carbonyl (C=O) groups is 4. The first-order valence-corrected chi connectivity index (χ1v) is 5.81. The van der Waals surface area contributed by atoms with Crippen molar-refractivity contribution >= 4 is 23.6 Å². The van der Waals surface area contributed by atoms with Gasteiger partial charge in [0.2, 0.25) is 11.8 Å². The zero-order valence-corrected chi connectivity index (χ0v) is 10.4. The Kier molecular flexibility index (Phi) is 3.35. The minimum atomic E-state index is -1.13. The van der Waals surface area contributed by atoms with Crippen LogP contribution in [0.2, 0.25) is 0 Å². The largest absolute Gasteiger partial charge is 0.295 e. The van der Waals surface area contributed by atoms with E-state index >= 15 is 0 Å². The minimum absolute atomic E-state index is 0.00291. The van der Waals surface area contributed by atoms with Gasteiger partial charge in [0.25, 0.3) is 11.8 Å². The molecule has 2 aliphatic heterocycles. The summed E-state index contributed by atoms with van der Waals surface area (Å²) in [5.74, 6) is -3.97. The van der Waals surface area contributed by atoms with Crippen LogP contribution < -0.4 is 5.32 Å². The highest BCUT2D eigenvalue weighted by molar-refractivity contribution is 6.26. The lowest BCUT2D eigenvalue weighted by Gasteiger charge is -2.27. The lowest BCUT2D eigenvalue weighted by Crippen LogP contribution is -2.54.